The maximum Gasteiger partial charge on any atom is 0.137 e. The maximum atomic E-state index is 8.77. The van der Waals surface area contributed by atoms with Crippen molar-refractivity contribution in [2.75, 3.05) is 26.2 Å². The number of aliphatic hydroxyl groups is 1. The van der Waals surface area contributed by atoms with E-state index in [1.54, 1.807) is 12.7 Å². The molecule has 1 unspecified atom stereocenters. The number of nitrogens with zero attached hydrogens (tertiary/aromatic N) is 4. The highest BCUT2D eigenvalue weighted by atomic mass is 16.3. The van der Waals surface area contributed by atoms with Gasteiger partial charge in [-0.2, -0.15) is 5.10 Å². The van der Waals surface area contributed by atoms with Crippen molar-refractivity contribution in [3.8, 4) is 0 Å². The minimum Gasteiger partial charge on any atom is -0.395 e. The van der Waals surface area contributed by atoms with Gasteiger partial charge in [0.1, 0.15) is 12.7 Å². The number of hydrogen-bond acceptors (Lipinski definition) is 4. The van der Waals surface area contributed by atoms with Crippen LogP contribution in [0.1, 0.15) is 12.5 Å². The van der Waals surface area contributed by atoms with E-state index in [1.807, 2.05) is 4.68 Å². The van der Waals surface area contributed by atoms with Crippen LogP contribution in [0.4, 0.5) is 0 Å². The molecule has 2 heterocycles. The molecule has 1 aromatic rings. The van der Waals surface area contributed by atoms with Gasteiger partial charge >= 0.3 is 0 Å². The second-order valence-electron chi connectivity index (χ2n) is 3.34. The van der Waals surface area contributed by atoms with E-state index in [4.69, 9.17) is 5.11 Å². The molecule has 1 aliphatic rings. The van der Waals surface area contributed by atoms with Gasteiger partial charge in [0, 0.05) is 19.6 Å². The van der Waals surface area contributed by atoms with Crippen LogP contribution in [-0.4, -0.2) is 51.0 Å². The minimum atomic E-state index is 0.240. The molecular formula is C8H14N4O. The summed E-state index contributed by atoms with van der Waals surface area (Å²) in [6, 6.07) is 0.439. The molecule has 5 nitrogen and oxygen atoms in total. The topological polar surface area (TPSA) is 54.2 Å². The van der Waals surface area contributed by atoms with Crippen molar-refractivity contribution in [2.24, 2.45) is 0 Å². The normalized spacial score (nSPS) is 23.9. The van der Waals surface area contributed by atoms with E-state index in [2.05, 4.69) is 15.0 Å². The van der Waals surface area contributed by atoms with E-state index in [0.29, 0.717) is 6.04 Å². The Labute approximate surface area is 77.0 Å². The molecule has 0 aliphatic carbocycles. The number of hydrogen-bond donors (Lipinski definition) is 1. The first-order valence-electron chi connectivity index (χ1n) is 4.57. The summed E-state index contributed by atoms with van der Waals surface area (Å²) in [6.45, 7) is 3.03. The van der Waals surface area contributed by atoms with Crippen LogP contribution in [0.2, 0.25) is 0 Å². The zero-order valence-electron chi connectivity index (χ0n) is 7.50. The van der Waals surface area contributed by atoms with E-state index in [9.17, 15) is 0 Å². The van der Waals surface area contributed by atoms with Crippen LogP contribution in [0.5, 0.6) is 0 Å². The molecule has 1 aliphatic heterocycles. The first kappa shape index (κ1) is 8.65. The second-order valence-corrected chi connectivity index (χ2v) is 3.34. The molecule has 1 N–H and O–H groups in total. The fraction of sp³-hybridized carbons (Fsp3) is 0.750. The number of aromatic nitrogens is 3. The van der Waals surface area contributed by atoms with Crippen LogP contribution in [0, 0.1) is 0 Å². The predicted octanol–water partition coefficient (Wildman–Crippen LogP) is -0.483. The summed E-state index contributed by atoms with van der Waals surface area (Å²) >= 11 is 0. The smallest absolute Gasteiger partial charge is 0.137 e. The molecule has 0 saturated carbocycles. The molecule has 0 bridgehead atoms. The molecule has 13 heavy (non-hydrogen) atoms. The Bertz CT molecular complexity index is 249. The summed E-state index contributed by atoms with van der Waals surface area (Å²) in [5.41, 5.74) is 0. The number of aliphatic hydroxyl groups excluding tert-OH is 1. The summed E-state index contributed by atoms with van der Waals surface area (Å²) in [5.74, 6) is 0. The Morgan fingerprint density at radius 3 is 3.15 bits per heavy atom. The molecule has 1 saturated heterocycles. The number of rotatable bonds is 3. The fourth-order valence-electron chi connectivity index (χ4n) is 1.78. The molecule has 0 spiro atoms. The summed E-state index contributed by atoms with van der Waals surface area (Å²) in [4.78, 5) is 6.16. The van der Waals surface area contributed by atoms with Crippen LogP contribution >= 0.6 is 0 Å². The highest BCUT2D eigenvalue weighted by molar-refractivity contribution is 4.79. The highest BCUT2D eigenvalue weighted by Crippen LogP contribution is 2.19. The molecule has 2 rings (SSSR count). The van der Waals surface area contributed by atoms with Gasteiger partial charge in [0.05, 0.1) is 12.6 Å². The van der Waals surface area contributed by atoms with Gasteiger partial charge in [0.15, 0.2) is 0 Å². The molecule has 0 radical (unpaired) electrons. The zero-order chi connectivity index (χ0) is 9.10. The SMILES string of the molecule is OCCN1CCC(n2cncn2)C1. The Balaban J connectivity index is 1.91. The Kier molecular flexibility index (Phi) is 2.56. The lowest BCUT2D eigenvalue weighted by atomic mass is 10.3. The summed E-state index contributed by atoms with van der Waals surface area (Å²) in [6.07, 6.45) is 4.42. The van der Waals surface area contributed by atoms with E-state index < -0.39 is 0 Å². The first-order valence-corrected chi connectivity index (χ1v) is 4.57. The standard InChI is InChI=1S/C8H14N4O/c13-4-3-11-2-1-8(5-11)12-7-9-6-10-12/h6-8,13H,1-5H2. The zero-order valence-corrected chi connectivity index (χ0v) is 7.50. The average Bonchev–Trinajstić information content (AvgIpc) is 2.70. The predicted molar refractivity (Wildman–Crippen MR) is 47.2 cm³/mol. The Morgan fingerprint density at radius 1 is 1.54 bits per heavy atom. The largest absolute Gasteiger partial charge is 0.395 e. The van der Waals surface area contributed by atoms with Crippen molar-refractivity contribution in [1.29, 1.82) is 0 Å². The van der Waals surface area contributed by atoms with Gasteiger partial charge in [-0.1, -0.05) is 0 Å². The average molecular weight is 182 g/mol. The first-order chi connectivity index (χ1) is 6.40. The maximum absolute atomic E-state index is 8.77. The molecule has 5 heteroatoms. The van der Waals surface area contributed by atoms with Gasteiger partial charge in [-0.3, -0.25) is 4.90 Å². The van der Waals surface area contributed by atoms with Gasteiger partial charge in [-0.15, -0.1) is 0 Å². The van der Waals surface area contributed by atoms with E-state index in [-0.39, 0.29) is 6.61 Å². The molecule has 1 atom stereocenters. The highest BCUT2D eigenvalue weighted by Gasteiger charge is 2.23. The van der Waals surface area contributed by atoms with Gasteiger partial charge in [0.25, 0.3) is 0 Å². The summed E-state index contributed by atoms with van der Waals surface area (Å²) < 4.78 is 1.90. The molecule has 0 aromatic carbocycles. The lowest BCUT2D eigenvalue weighted by Crippen LogP contribution is -2.24. The van der Waals surface area contributed by atoms with Gasteiger partial charge in [0.2, 0.25) is 0 Å². The summed E-state index contributed by atoms with van der Waals surface area (Å²) in [7, 11) is 0. The third kappa shape index (κ3) is 1.87. The quantitative estimate of drug-likeness (QED) is 0.686. The molecule has 72 valence electrons. The van der Waals surface area contributed by atoms with E-state index >= 15 is 0 Å². The molecular weight excluding hydrogens is 168 g/mol. The van der Waals surface area contributed by atoms with Gasteiger partial charge in [-0.25, -0.2) is 9.67 Å². The van der Waals surface area contributed by atoms with Crippen LogP contribution in [-0.2, 0) is 0 Å². The monoisotopic (exact) mass is 182 g/mol. The van der Waals surface area contributed by atoms with Gasteiger partial charge in [-0.05, 0) is 6.42 Å². The Hall–Kier alpha value is -0.940. The van der Waals surface area contributed by atoms with Gasteiger partial charge < -0.3 is 5.11 Å². The van der Waals surface area contributed by atoms with Crippen molar-refractivity contribution in [3.05, 3.63) is 12.7 Å². The molecule has 1 aromatic heterocycles. The van der Waals surface area contributed by atoms with Crippen LogP contribution in [0.25, 0.3) is 0 Å². The third-order valence-electron chi connectivity index (χ3n) is 2.47. The summed E-state index contributed by atoms with van der Waals surface area (Å²) in [5, 5.41) is 12.9. The molecule has 0 amide bonds. The second kappa shape index (κ2) is 3.85. The number of likely N-dealkylation sites (tertiary alicyclic amines) is 1. The van der Waals surface area contributed by atoms with Crippen molar-refractivity contribution in [2.45, 2.75) is 12.5 Å². The lowest BCUT2D eigenvalue weighted by molar-refractivity contribution is 0.216. The number of β-amino-alcohol motifs (C(OH)–C–C–N with tert-alkyl or cyclic N) is 1. The van der Waals surface area contributed by atoms with Crippen molar-refractivity contribution >= 4 is 0 Å². The van der Waals surface area contributed by atoms with Crippen molar-refractivity contribution < 1.29 is 5.11 Å². The lowest BCUT2D eigenvalue weighted by Gasteiger charge is -2.13. The minimum absolute atomic E-state index is 0.240. The van der Waals surface area contributed by atoms with E-state index in [1.165, 1.54) is 0 Å². The van der Waals surface area contributed by atoms with E-state index in [0.717, 1.165) is 26.1 Å². The van der Waals surface area contributed by atoms with Crippen molar-refractivity contribution in [1.82, 2.24) is 19.7 Å². The fourth-order valence-corrected chi connectivity index (χ4v) is 1.78. The van der Waals surface area contributed by atoms with Crippen LogP contribution in [0.3, 0.4) is 0 Å². The third-order valence-corrected chi connectivity index (χ3v) is 2.47. The van der Waals surface area contributed by atoms with Crippen molar-refractivity contribution in [3.63, 3.8) is 0 Å². The van der Waals surface area contributed by atoms with Crippen LogP contribution in [0.15, 0.2) is 12.7 Å². The Morgan fingerprint density at radius 2 is 2.46 bits per heavy atom. The van der Waals surface area contributed by atoms with Crippen LogP contribution < -0.4 is 0 Å². The molecule has 1 fully saturated rings.